The van der Waals surface area contributed by atoms with Gasteiger partial charge in [-0.05, 0) is 200 Å². The first kappa shape index (κ1) is 62.4. The van der Waals surface area contributed by atoms with Gasteiger partial charge in [0.05, 0.1) is 0 Å². The Morgan fingerprint density at radius 1 is 0.727 bits per heavy atom. The Morgan fingerprint density at radius 3 is 1.94 bits per heavy atom. The van der Waals surface area contributed by atoms with Crippen LogP contribution in [0.5, 0.6) is 0 Å². The van der Waals surface area contributed by atoms with Crippen molar-refractivity contribution in [2.45, 2.75) is 165 Å². The number of allylic oxidation sites excluding steroid dienone is 6. The fourth-order valence-corrected chi connectivity index (χ4v) is 12.7. The normalized spacial score (nSPS) is 14.4. The Kier molecular flexibility index (Phi) is 23.9. The number of hydrogen-bond acceptors (Lipinski definition) is 3. The van der Waals surface area contributed by atoms with Crippen molar-refractivity contribution in [2.75, 3.05) is 11.5 Å². The lowest BCUT2D eigenvalue weighted by molar-refractivity contribution is 0.479. The van der Waals surface area contributed by atoms with E-state index in [1.165, 1.54) is 142 Å². The topological polar surface area (TPSA) is 12.0 Å². The molecule has 77 heavy (non-hydrogen) atoms. The maximum Gasteiger partial charge on any atom is 0.0488 e. The summed E-state index contributed by atoms with van der Waals surface area (Å²) < 4.78 is 0. The highest BCUT2D eigenvalue weighted by molar-refractivity contribution is 8.03. The SMILES string of the molecule is C=C(C)c1cc(C)cc(C)c1.C=C(CC1=CCCS1)NC(C(=C)C)C(C)C.C=C(Cc1ccc(SC/C(=C(/C)C(=C)C)C2(C)CC2)cc1)Cc1ccc2c(c1)Cc1cc(=C)ccc1=C2c1ccc(CCCC)cc1C.CC. The molecule has 1 atom stereocenters. The summed E-state index contributed by atoms with van der Waals surface area (Å²) in [5, 5.41) is 5.92. The average molecular weight is 1060 g/mol. The number of aryl methyl sites for hydroxylation is 4. The highest BCUT2D eigenvalue weighted by Crippen LogP contribution is 2.54. The van der Waals surface area contributed by atoms with Gasteiger partial charge in [-0.25, -0.2) is 0 Å². The molecule has 1 fully saturated rings. The van der Waals surface area contributed by atoms with Crippen LogP contribution in [0.25, 0.3) is 17.7 Å². The van der Waals surface area contributed by atoms with Crippen molar-refractivity contribution in [3.63, 3.8) is 0 Å². The Bertz CT molecular complexity index is 3070. The second-order valence-electron chi connectivity index (χ2n) is 22.7. The lowest BCUT2D eigenvalue weighted by Gasteiger charge is -2.25. The molecule has 1 nitrogen and oxygen atoms in total. The van der Waals surface area contributed by atoms with Gasteiger partial charge in [0.1, 0.15) is 0 Å². The van der Waals surface area contributed by atoms with Crippen LogP contribution in [0.4, 0.5) is 0 Å². The van der Waals surface area contributed by atoms with Gasteiger partial charge in [0.15, 0.2) is 0 Å². The van der Waals surface area contributed by atoms with Crippen molar-refractivity contribution >= 4 is 41.2 Å². The highest BCUT2D eigenvalue weighted by Gasteiger charge is 2.41. The Morgan fingerprint density at radius 2 is 1.36 bits per heavy atom. The quantitative estimate of drug-likeness (QED) is 0.0465. The van der Waals surface area contributed by atoms with E-state index in [0.29, 0.717) is 17.4 Å². The van der Waals surface area contributed by atoms with Crippen molar-refractivity contribution in [2.24, 2.45) is 11.3 Å². The van der Waals surface area contributed by atoms with Crippen LogP contribution in [0.15, 0.2) is 179 Å². The average Bonchev–Trinajstić information content (AvgIpc) is 3.94. The van der Waals surface area contributed by atoms with E-state index in [0.717, 1.165) is 54.3 Å². The molecule has 3 heteroatoms. The number of unbranched alkanes of at least 4 members (excludes halogenated alkanes) is 1. The van der Waals surface area contributed by atoms with Crippen LogP contribution in [0.2, 0.25) is 0 Å². The lowest BCUT2D eigenvalue weighted by Crippen LogP contribution is -2.33. The van der Waals surface area contributed by atoms with Crippen LogP contribution in [-0.4, -0.2) is 17.5 Å². The minimum Gasteiger partial charge on any atom is -0.382 e. The van der Waals surface area contributed by atoms with E-state index in [1.54, 1.807) is 5.57 Å². The monoisotopic (exact) mass is 1060 g/mol. The molecule has 0 saturated heterocycles. The molecule has 5 aromatic carbocycles. The van der Waals surface area contributed by atoms with Gasteiger partial charge in [0, 0.05) is 34.6 Å². The molecule has 1 saturated carbocycles. The number of rotatable bonds is 20. The number of benzene rings is 5. The predicted molar refractivity (Wildman–Crippen MR) is 348 cm³/mol. The molecule has 0 aromatic heterocycles. The van der Waals surface area contributed by atoms with Gasteiger partial charge in [-0.3, -0.25) is 0 Å². The molecule has 3 aliphatic rings. The van der Waals surface area contributed by atoms with Gasteiger partial charge in [-0.15, -0.1) is 23.5 Å². The van der Waals surface area contributed by atoms with Crippen molar-refractivity contribution in [3.8, 4) is 0 Å². The summed E-state index contributed by atoms with van der Waals surface area (Å²) in [5.41, 5.74) is 25.4. The van der Waals surface area contributed by atoms with E-state index >= 15 is 0 Å². The molecule has 1 unspecified atom stereocenters. The van der Waals surface area contributed by atoms with Crippen molar-refractivity contribution in [3.05, 3.63) is 246 Å². The number of hydrogen-bond donors (Lipinski definition) is 1. The predicted octanol–water partition coefficient (Wildman–Crippen LogP) is 19.5. The minimum absolute atomic E-state index is 0.347. The largest absolute Gasteiger partial charge is 0.382 e. The van der Waals surface area contributed by atoms with E-state index in [4.69, 9.17) is 0 Å². The lowest BCUT2D eigenvalue weighted by atomic mass is 9.81. The molecular formula is C74H95NS2. The highest BCUT2D eigenvalue weighted by atomic mass is 32.2. The molecular weight excluding hydrogens is 967 g/mol. The molecule has 8 rings (SSSR count). The summed E-state index contributed by atoms with van der Waals surface area (Å²) in [6, 6.07) is 37.0. The van der Waals surface area contributed by atoms with E-state index < -0.39 is 0 Å². The minimum atomic E-state index is 0.347. The molecule has 0 bridgehead atoms. The van der Waals surface area contributed by atoms with Gasteiger partial charge in [-0.1, -0.05) is 217 Å². The van der Waals surface area contributed by atoms with Gasteiger partial charge >= 0.3 is 0 Å². The molecule has 408 valence electrons. The van der Waals surface area contributed by atoms with Crippen LogP contribution in [-0.2, 0) is 25.7 Å². The van der Waals surface area contributed by atoms with Gasteiger partial charge < -0.3 is 5.32 Å². The third-order valence-electron chi connectivity index (χ3n) is 15.1. The van der Waals surface area contributed by atoms with E-state index in [9.17, 15) is 0 Å². The van der Waals surface area contributed by atoms with Crippen LogP contribution in [0.3, 0.4) is 0 Å². The fourth-order valence-electron chi connectivity index (χ4n) is 10.5. The molecule has 1 aliphatic heterocycles. The van der Waals surface area contributed by atoms with Gasteiger partial charge in [-0.2, -0.15) is 0 Å². The second kappa shape index (κ2) is 29.5. The second-order valence-corrected chi connectivity index (χ2v) is 25.0. The molecule has 1 N–H and O–H groups in total. The molecule has 1 heterocycles. The molecule has 0 amide bonds. The smallest absolute Gasteiger partial charge is 0.0488 e. The number of nitrogens with one attached hydrogen (secondary N) is 1. The first-order chi connectivity index (χ1) is 36.6. The summed E-state index contributed by atoms with van der Waals surface area (Å²) in [5.74, 6) is 2.83. The van der Waals surface area contributed by atoms with E-state index in [-0.39, 0.29) is 0 Å². The molecule has 2 aliphatic carbocycles. The maximum absolute atomic E-state index is 4.53. The first-order valence-corrected chi connectivity index (χ1v) is 30.6. The van der Waals surface area contributed by atoms with Crippen LogP contribution < -0.4 is 15.8 Å². The number of fused-ring (bicyclic) bond motifs is 2. The third kappa shape index (κ3) is 18.3. The molecule has 5 aromatic rings. The first-order valence-electron chi connectivity index (χ1n) is 28.6. The Balaban J connectivity index is 0.000000306. The Labute approximate surface area is 477 Å². The summed E-state index contributed by atoms with van der Waals surface area (Å²) in [6.45, 7) is 53.2. The fraction of sp³-hybridized carbons (Fsp3) is 0.378. The van der Waals surface area contributed by atoms with E-state index in [1.807, 2.05) is 44.3 Å². The van der Waals surface area contributed by atoms with Crippen LogP contribution in [0.1, 0.15) is 169 Å². The summed E-state index contributed by atoms with van der Waals surface area (Å²) in [6.07, 6.45) is 13.4. The molecule has 0 spiro atoms. The zero-order valence-electron chi connectivity index (χ0n) is 50.0. The van der Waals surface area contributed by atoms with E-state index in [2.05, 4.69) is 217 Å². The summed E-state index contributed by atoms with van der Waals surface area (Å²) in [4.78, 5) is 2.79. The van der Waals surface area contributed by atoms with Crippen molar-refractivity contribution in [1.29, 1.82) is 0 Å². The molecule has 0 radical (unpaired) electrons. The van der Waals surface area contributed by atoms with Crippen molar-refractivity contribution in [1.82, 2.24) is 5.32 Å². The number of thioether (sulfide) groups is 2. The van der Waals surface area contributed by atoms with Gasteiger partial charge in [0.2, 0.25) is 0 Å². The zero-order valence-corrected chi connectivity index (χ0v) is 51.6. The zero-order chi connectivity index (χ0) is 56.6. The Hall–Kier alpha value is -5.48. The van der Waals surface area contributed by atoms with Crippen LogP contribution >= 0.6 is 23.5 Å². The third-order valence-corrected chi connectivity index (χ3v) is 17.3. The maximum atomic E-state index is 4.53. The summed E-state index contributed by atoms with van der Waals surface area (Å²) in [7, 11) is 0. The van der Waals surface area contributed by atoms with Gasteiger partial charge in [0.25, 0.3) is 0 Å². The van der Waals surface area contributed by atoms with Crippen LogP contribution in [0, 0.1) is 32.1 Å². The standard InChI is InChI=1S/C47H52S.C14H23NS.C11H14.C2H6/c1-9-10-11-36-15-20-42(34(6)27-36)46-43-19-12-32(4)26-39(43)29-40-28-38(16-21-44(40)46)25-33(5)24-37-13-17-41(18-14-37)48-30-45(35(7)31(2)3)47(8)22-23-47;1-10(2)14(11(3)4)15-12(5)9-13-7-6-8-16-13;1-8(2)11-6-9(3)5-10(4)7-11;1-2/h12-21,26-28H,2,4-5,9-11,22-25,29-30H2,1,3,6-8H3;7,11,14-15H,1,5-6,8-9H2,2-4H3;5-7H,1H2,2-4H3;1-2H3/b45-35+;;;. The summed E-state index contributed by atoms with van der Waals surface area (Å²) >= 11 is 3.91. The van der Waals surface area contributed by atoms with Crippen molar-refractivity contribution < 1.29 is 0 Å².